The number of nitrogens with one attached hydrogen (secondary N) is 4. The number of hydrogen-bond donors (Lipinski definition) is 6. The summed E-state index contributed by atoms with van der Waals surface area (Å²) in [4.78, 5) is 91.2. The molecule has 4 amide bonds. The number of amides is 4. The van der Waals surface area contributed by atoms with Crippen LogP contribution < -0.4 is 36.9 Å². The Morgan fingerprint density at radius 2 is 1.40 bits per heavy atom. The second-order valence-corrected chi connectivity index (χ2v) is 18.5. The molecule has 0 saturated heterocycles. The predicted octanol–water partition coefficient (Wildman–Crippen LogP) is 5.43. The summed E-state index contributed by atoms with van der Waals surface area (Å²) in [7, 11) is 1.30. The van der Waals surface area contributed by atoms with Gasteiger partial charge in [-0.15, -0.1) is 0 Å². The first-order chi connectivity index (χ1) is 38.4. The third-order valence-electron chi connectivity index (χ3n) is 12.5. The first kappa shape index (κ1) is 58.3. The quantitative estimate of drug-likeness (QED) is 0.0112. The summed E-state index contributed by atoms with van der Waals surface area (Å²) >= 11 is 0. The van der Waals surface area contributed by atoms with Crippen molar-refractivity contribution in [3.8, 4) is 23.0 Å². The minimum Gasteiger partial charge on any atom is -0.491 e. The molecule has 80 heavy (non-hydrogen) atoms. The number of aromatic nitrogens is 9. The zero-order chi connectivity index (χ0) is 57.6. The van der Waals surface area contributed by atoms with Gasteiger partial charge in [-0.3, -0.25) is 38.7 Å². The van der Waals surface area contributed by atoms with Gasteiger partial charge in [0.15, 0.2) is 5.82 Å². The molecule has 0 spiro atoms. The number of benzene rings is 2. The minimum absolute atomic E-state index is 0.0251. The molecule has 0 aliphatic heterocycles. The van der Waals surface area contributed by atoms with E-state index in [1.807, 2.05) is 55.2 Å². The van der Waals surface area contributed by atoms with Gasteiger partial charge in [-0.1, -0.05) is 12.2 Å². The van der Waals surface area contributed by atoms with E-state index < -0.39 is 23.7 Å². The molecule has 5 aromatic heterocycles. The van der Waals surface area contributed by atoms with Gasteiger partial charge in [-0.2, -0.15) is 10.2 Å². The maximum atomic E-state index is 14.1. The maximum absolute atomic E-state index is 14.1. The standard InChI is InChI=1S/C55H67N15O10/c1-8-59-40(24-32(4)56)54(76)80-23-15-22-79-44-30-36(50(58)74)28-39-48(44)68(55(62-39)64-53(75)42-26-34(6)66-70(42)10-3)20-12-11-19-67-47-37(38-31-61-51(63-52(38)67)41-25-33(5)65-69(41)9-2)27-35(49(57)73)29-43(47)78-21-14-18-60-45(71)16-13-17-46(72)77-7/h11-12,24-31,56,59H,8-10,13-23H2,1-7H3,(H2,57,73)(H2,58,74)(H,60,71)(H,62,64,75)/b12-11+,40-24-,56-32?. The van der Waals surface area contributed by atoms with Gasteiger partial charge in [-0.25, -0.2) is 19.7 Å². The van der Waals surface area contributed by atoms with Gasteiger partial charge in [0, 0.05) is 92.3 Å². The number of carbonyl (C=O) groups is 6. The third kappa shape index (κ3) is 14.0. The van der Waals surface area contributed by atoms with Crippen molar-refractivity contribution in [2.75, 3.05) is 45.3 Å². The van der Waals surface area contributed by atoms with Crippen LogP contribution in [-0.2, 0) is 50.0 Å². The molecule has 8 N–H and O–H groups in total. The van der Waals surface area contributed by atoms with Crippen LogP contribution in [0.2, 0.25) is 0 Å². The van der Waals surface area contributed by atoms with Gasteiger partial charge in [0.05, 0.1) is 49.4 Å². The Balaban J connectivity index is 1.25. The van der Waals surface area contributed by atoms with Crippen molar-refractivity contribution < 1.29 is 47.7 Å². The first-order valence-corrected chi connectivity index (χ1v) is 26.2. The molecule has 0 fully saturated rings. The van der Waals surface area contributed by atoms with Crippen LogP contribution in [0.5, 0.6) is 11.5 Å². The highest BCUT2D eigenvalue weighted by Gasteiger charge is 2.24. The van der Waals surface area contributed by atoms with Crippen molar-refractivity contribution in [3.63, 3.8) is 0 Å². The number of fused-ring (bicyclic) bond motifs is 4. The molecule has 0 aliphatic carbocycles. The Morgan fingerprint density at radius 3 is 2.08 bits per heavy atom. The Morgan fingerprint density at radius 1 is 0.738 bits per heavy atom. The molecule has 0 radical (unpaired) electrons. The molecule has 7 rings (SSSR count). The van der Waals surface area contributed by atoms with Crippen molar-refractivity contribution in [3.05, 3.63) is 94.7 Å². The van der Waals surface area contributed by atoms with E-state index in [0.29, 0.717) is 88.6 Å². The smallest absolute Gasteiger partial charge is 0.354 e. The van der Waals surface area contributed by atoms with Crippen LogP contribution in [0, 0.1) is 19.3 Å². The number of nitrogens with two attached hydrogens (primary N) is 2. The molecular weight excluding hydrogens is 1030 g/mol. The van der Waals surface area contributed by atoms with Crippen molar-refractivity contribution in [1.29, 1.82) is 5.41 Å². The van der Waals surface area contributed by atoms with Crippen molar-refractivity contribution in [1.82, 2.24) is 54.3 Å². The summed E-state index contributed by atoms with van der Waals surface area (Å²) in [6.45, 7) is 13.0. The number of esters is 2. The molecule has 422 valence electrons. The molecule has 0 unspecified atom stereocenters. The van der Waals surface area contributed by atoms with Gasteiger partial charge < -0.3 is 55.6 Å². The van der Waals surface area contributed by atoms with Crippen LogP contribution in [-0.4, -0.2) is 125 Å². The lowest BCUT2D eigenvalue weighted by molar-refractivity contribution is -0.141. The van der Waals surface area contributed by atoms with Crippen LogP contribution in [0.1, 0.15) is 102 Å². The maximum Gasteiger partial charge on any atom is 0.354 e. The third-order valence-corrected chi connectivity index (χ3v) is 12.5. The number of allylic oxidation sites excluding steroid dienone is 3. The SMILES string of the molecule is CCN/C(=C\C(C)=N)C(=O)OCCCOc1cc(C(N)=O)cc2nc(NC(=O)c3cc(C)nn3CC)n(C/C=C/Cn3c4nc(-c5cc(C)nn5CC)ncc4c4cc(C(N)=O)cc(OCCCNC(=O)CCCC(=O)OC)c43)c12. The van der Waals surface area contributed by atoms with E-state index in [1.54, 1.807) is 47.5 Å². The number of primary amides is 2. The molecule has 0 saturated carbocycles. The molecule has 0 atom stereocenters. The number of nitrogens with zero attached hydrogens (tertiary/aromatic N) is 9. The van der Waals surface area contributed by atoms with E-state index in [9.17, 15) is 28.8 Å². The van der Waals surface area contributed by atoms with Crippen molar-refractivity contribution in [2.45, 2.75) is 99.8 Å². The number of ether oxygens (including phenoxy) is 4. The number of likely N-dealkylation sites (N-methyl/N-ethyl adjacent to an activating group) is 1. The largest absolute Gasteiger partial charge is 0.491 e. The summed E-state index contributed by atoms with van der Waals surface area (Å²) in [6, 6.07) is 9.81. The second-order valence-electron chi connectivity index (χ2n) is 18.5. The fourth-order valence-electron chi connectivity index (χ4n) is 8.87. The van der Waals surface area contributed by atoms with E-state index in [1.165, 1.54) is 25.3 Å². The Hall–Kier alpha value is -9.42. The Labute approximate surface area is 460 Å². The summed E-state index contributed by atoms with van der Waals surface area (Å²) < 4.78 is 29.9. The zero-order valence-corrected chi connectivity index (χ0v) is 45.9. The van der Waals surface area contributed by atoms with Gasteiger partial charge in [0.25, 0.3) is 5.91 Å². The van der Waals surface area contributed by atoms with E-state index >= 15 is 0 Å². The lowest BCUT2D eigenvalue weighted by atomic mass is 10.1. The summed E-state index contributed by atoms with van der Waals surface area (Å²) in [6.07, 6.45) is 8.09. The van der Waals surface area contributed by atoms with Gasteiger partial charge in [-0.05, 0) is 96.9 Å². The van der Waals surface area contributed by atoms with Gasteiger partial charge in [0.1, 0.15) is 39.7 Å². The average molecular weight is 1100 g/mol. The normalized spacial score (nSPS) is 11.6. The van der Waals surface area contributed by atoms with Crippen molar-refractivity contribution in [2.24, 2.45) is 11.5 Å². The molecule has 5 heterocycles. The second kappa shape index (κ2) is 26.8. The highest BCUT2D eigenvalue weighted by atomic mass is 16.5. The van der Waals surface area contributed by atoms with Crippen LogP contribution in [0.3, 0.4) is 0 Å². The van der Waals surface area contributed by atoms with Crippen LogP contribution >= 0.6 is 0 Å². The van der Waals surface area contributed by atoms with Crippen LogP contribution in [0.4, 0.5) is 5.95 Å². The number of carbonyl (C=O) groups excluding carboxylic acids is 6. The highest BCUT2D eigenvalue weighted by Crippen LogP contribution is 2.37. The molecule has 7 aromatic rings. The topological polar surface area (TPSA) is 335 Å². The van der Waals surface area contributed by atoms with Crippen molar-refractivity contribution >= 4 is 80.2 Å². The molecule has 2 aromatic carbocycles. The zero-order valence-electron chi connectivity index (χ0n) is 45.9. The summed E-state index contributed by atoms with van der Waals surface area (Å²) in [5, 5.41) is 26.8. The highest BCUT2D eigenvalue weighted by molar-refractivity contribution is 6.12. The van der Waals surface area contributed by atoms with E-state index in [2.05, 4.69) is 30.9 Å². The predicted molar refractivity (Wildman–Crippen MR) is 298 cm³/mol. The Bertz CT molecular complexity index is 3550. The van der Waals surface area contributed by atoms with E-state index in [0.717, 1.165) is 5.69 Å². The summed E-state index contributed by atoms with van der Waals surface area (Å²) in [5.74, 6) is -2.09. The number of imidazole rings is 1. The van der Waals surface area contributed by atoms with E-state index in [4.69, 9.17) is 46.0 Å². The average Bonchev–Trinajstić information content (AvgIpc) is 4.39. The minimum atomic E-state index is -0.744. The monoisotopic (exact) mass is 1100 g/mol. The van der Waals surface area contributed by atoms with Crippen LogP contribution in [0.15, 0.2) is 66.5 Å². The number of hydrogen-bond acceptors (Lipinski definition) is 17. The van der Waals surface area contributed by atoms with Gasteiger partial charge in [0.2, 0.25) is 23.7 Å². The lowest BCUT2D eigenvalue weighted by Crippen LogP contribution is -2.25. The van der Waals surface area contributed by atoms with Crippen LogP contribution in [0.25, 0.3) is 44.5 Å². The first-order valence-electron chi connectivity index (χ1n) is 26.2. The fourth-order valence-corrected chi connectivity index (χ4v) is 8.87. The molecule has 0 aliphatic rings. The molecular formula is C55H67N15O10. The fraction of sp³-hybridized carbons (Fsp3) is 0.382. The number of rotatable bonds is 29. The molecule has 25 nitrogen and oxygen atoms in total. The van der Waals surface area contributed by atoms with Gasteiger partial charge >= 0.3 is 11.9 Å². The summed E-state index contributed by atoms with van der Waals surface area (Å²) in [5.41, 5.74) is 16.5. The lowest BCUT2D eigenvalue weighted by Gasteiger charge is -2.14. The number of aryl methyl sites for hydroxylation is 4. The number of methoxy groups -OCH3 is 1. The number of anilines is 1. The molecule has 25 heteroatoms. The molecule has 0 bridgehead atoms. The Kier molecular flexibility index (Phi) is 19.5. The van der Waals surface area contributed by atoms with E-state index in [-0.39, 0.29) is 110 Å².